The second-order valence-electron chi connectivity index (χ2n) is 6.50. The smallest absolute Gasteiger partial charge is 0.161 e. The van der Waals surface area contributed by atoms with Gasteiger partial charge in [-0.3, -0.25) is 4.79 Å². The molecule has 2 heteroatoms. The molecule has 2 aromatic rings. The predicted molar refractivity (Wildman–Crippen MR) is 103 cm³/mol. The number of hydrogen-bond donors (Lipinski definition) is 0. The highest BCUT2D eigenvalue weighted by Crippen LogP contribution is 2.31. The van der Waals surface area contributed by atoms with E-state index in [-0.39, 0.29) is 11.7 Å². The predicted octanol–water partition coefficient (Wildman–Crippen LogP) is 5.44. The molecule has 0 saturated heterocycles. The van der Waals surface area contributed by atoms with E-state index in [9.17, 15) is 4.79 Å². The zero-order chi connectivity index (χ0) is 17.5. The van der Waals surface area contributed by atoms with Gasteiger partial charge in [0.05, 0.1) is 0 Å². The van der Waals surface area contributed by atoms with Crippen LogP contribution in [-0.4, -0.2) is 10.7 Å². The minimum absolute atomic E-state index is 0.0533. The summed E-state index contributed by atoms with van der Waals surface area (Å²) in [4.78, 5) is 14.9. The first-order valence-corrected chi connectivity index (χ1v) is 9.06. The zero-order valence-electron chi connectivity index (χ0n) is 14.8. The van der Waals surface area contributed by atoms with Gasteiger partial charge in [0.2, 0.25) is 0 Å². The highest BCUT2D eigenvalue weighted by Gasteiger charge is 2.23. The average Bonchev–Trinajstić information content (AvgIpc) is 2.67. The number of carbonyl (C=O) groups is 1. The normalized spacial score (nSPS) is 16.6. The molecule has 2 aromatic carbocycles. The van der Waals surface area contributed by atoms with Gasteiger partial charge in [-0.2, -0.15) is 0 Å². The standard InChI is InChI=1S/C23H25NO/c1-2-3-14-23(25)22-18-24(17-19-10-6-4-7-11-19)16-15-21(22)20-12-8-5-9-13-20/h4-13,15-16,18,21H,2-3,14,17H2,1H3/t21-/m0/s1. The maximum Gasteiger partial charge on any atom is 0.161 e. The van der Waals surface area contributed by atoms with Gasteiger partial charge in [-0.15, -0.1) is 0 Å². The molecule has 0 radical (unpaired) electrons. The third kappa shape index (κ3) is 4.48. The molecule has 128 valence electrons. The van der Waals surface area contributed by atoms with E-state index < -0.39 is 0 Å². The maximum atomic E-state index is 12.8. The van der Waals surface area contributed by atoms with Crippen molar-refractivity contribution in [3.8, 4) is 0 Å². The number of hydrogen-bond acceptors (Lipinski definition) is 2. The SMILES string of the molecule is CCCCC(=O)C1=CN(Cc2ccccc2)C=C[C@H]1c1ccccc1. The Hall–Kier alpha value is -2.61. The van der Waals surface area contributed by atoms with Gasteiger partial charge in [0.25, 0.3) is 0 Å². The minimum atomic E-state index is 0.0533. The molecular formula is C23H25NO. The van der Waals surface area contributed by atoms with E-state index >= 15 is 0 Å². The van der Waals surface area contributed by atoms with E-state index in [1.165, 1.54) is 11.1 Å². The van der Waals surface area contributed by atoms with E-state index in [1.807, 2.05) is 42.6 Å². The maximum absolute atomic E-state index is 12.8. The Bertz CT molecular complexity index is 746. The van der Waals surface area contributed by atoms with Crippen LogP contribution in [0.5, 0.6) is 0 Å². The zero-order valence-corrected chi connectivity index (χ0v) is 14.8. The number of benzene rings is 2. The lowest BCUT2D eigenvalue weighted by Gasteiger charge is -2.27. The van der Waals surface area contributed by atoms with Gasteiger partial charge in [-0.1, -0.05) is 80.1 Å². The van der Waals surface area contributed by atoms with E-state index in [0.29, 0.717) is 6.42 Å². The van der Waals surface area contributed by atoms with Crippen LogP contribution >= 0.6 is 0 Å². The Morgan fingerprint density at radius 2 is 1.68 bits per heavy atom. The molecule has 0 bridgehead atoms. The van der Waals surface area contributed by atoms with Gasteiger partial charge in [0.1, 0.15) is 0 Å². The molecule has 3 rings (SSSR count). The quantitative estimate of drug-likeness (QED) is 0.673. The number of allylic oxidation sites excluding steroid dienone is 2. The lowest BCUT2D eigenvalue weighted by atomic mass is 9.86. The number of nitrogens with zero attached hydrogens (tertiary/aromatic N) is 1. The molecule has 0 fully saturated rings. The van der Waals surface area contributed by atoms with E-state index in [1.54, 1.807) is 0 Å². The summed E-state index contributed by atoms with van der Waals surface area (Å²) >= 11 is 0. The molecule has 0 unspecified atom stereocenters. The summed E-state index contributed by atoms with van der Waals surface area (Å²) in [5.41, 5.74) is 3.31. The van der Waals surface area contributed by atoms with Crippen LogP contribution in [0.1, 0.15) is 43.2 Å². The topological polar surface area (TPSA) is 20.3 Å². The first-order chi connectivity index (χ1) is 12.3. The molecule has 25 heavy (non-hydrogen) atoms. The second kappa shape index (κ2) is 8.48. The summed E-state index contributed by atoms with van der Waals surface area (Å²) in [6.45, 7) is 2.90. The molecule has 0 saturated carbocycles. The van der Waals surface area contributed by atoms with E-state index in [4.69, 9.17) is 0 Å². The molecular weight excluding hydrogens is 306 g/mol. The first kappa shape index (κ1) is 17.2. The number of unbranched alkanes of at least 4 members (excludes halogenated alkanes) is 1. The molecule has 0 spiro atoms. The Balaban J connectivity index is 1.84. The largest absolute Gasteiger partial charge is 0.350 e. The van der Waals surface area contributed by atoms with Gasteiger partial charge in [0.15, 0.2) is 5.78 Å². The lowest BCUT2D eigenvalue weighted by Crippen LogP contribution is -2.21. The first-order valence-electron chi connectivity index (χ1n) is 9.06. The summed E-state index contributed by atoms with van der Waals surface area (Å²) in [6, 6.07) is 20.6. The molecule has 0 N–H and O–H groups in total. The van der Waals surface area contributed by atoms with Crippen molar-refractivity contribution in [3.63, 3.8) is 0 Å². The van der Waals surface area contributed by atoms with Crippen LogP contribution in [0, 0.1) is 0 Å². The summed E-state index contributed by atoms with van der Waals surface area (Å²) in [7, 11) is 0. The fraction of sp³-hybridized carbons (Fsp3) is 0.261. The van der Waals surface area contributed by atoms with Crippen molar-refractivity contribution in [1.29, 1.82) is 0 Å². The van der Waals surface area contributed by atoms with Crippen LogP contribution in [0.15, 0.2) is 84.7 Å². The molecule has 1 aliphatic heterocycles. The molecule has 1 aliphatic rings. The van der Waals surface area contributed by atoms with Crippen molar-refractivity contribution < 1.29 is 4.79 Å². The van der Waals surface area contributed by atoms with Crippen LogP contribution in [0.4, 0.5) is 0 Å². The Kier molecular flexibility index (Phi) is 5.84. The molecule has 1 atom stereocenters. The minimum Gasteiger partial charge on any atom is -0.350 e. The van der Waals surface area contributed by atoms with Gasteiger partial charge < -0.3 is 4.90 Å². The fourth-order valence-electron chi connectivity index (χ4n) is 3.17. The van der Waals surface area contributed by atoms with Crippen molar-refractivity contribution in [3.05, 3.63) is 95.8 Å². The Labute approximate surface area is 150 Å². The van der Waals surface area contributed by atoms with Crippen molar-refractivity contribution >= 4 is 5.78 Å². The number of carbonyl (C=O) groups excluding carboxylic acids is 1. The second-order valence-corrected chi connectivity index (χ2v) is 6.50. The van der Waals surface area contributed by atoms with Crippen LogP contribution in [0.2, 0.25) is 0 Å². The van der Waals surface area contributed by atoms with Crippen molar-refractivity contribution in [2.45, 2.75) is 38.6 Å². The van der Waals surface area contributed by atoms with Gasteiger partial charge in [-0.25, -0.2) is 0 Å². The van der Waals surface area contributed by atoms with Crippen LogP contribution in [0.25, 0.3) is 0 Å². The van der Waals surface area contributed by atoms with Crippen LogP contribution < -0.4 is 0 Å². The molecule has 2 nitrogen and oxygen atoms in total. The van der Waals surface area contributed by atoms with Crippen LogP contribution in [-0.2, 0) is 11.3 Å². The van der Waals surface area contributed by atoms with Crippen molar-refractivity contribution in [2.24, 2.45) is 0 Å². The highest BCUT2D eigenvalue weighted by molar-refractivity contribution is 5.97. The molecule has 0 aromatic heterocycles. The summed E-state index contributed by atoms with van der Waals surface area (Å²) < 4.78 is 0. The number of Topliss-reactive ketones (excluding diaryl/α,β-unsaturated/α-hetero) is 1. The highest BCUT2D eigenvalue weighted by atomic mass is 16.1. The summed E-state index contributed by atoms with van der Waals surface area (Å²) in [5, 5.41) is 0. The number of rotatable bonds is 7. The average molecular weight is 331 g/mol. The van der Waals surface area contributed by atoms with Crippen LogP contribution in [0.3, 0.4) is 0 Å². The van der Waals surface area contributed by atoms with Crippen molar-refractivity contribution in [1.82, 2.24) is 4.90 Å². The van der Waals surface area contributed by atoms with Gasteiger partial charge in [-0.05, 0) is 17.5 Å². The molecule has 1 heterocycles. The lowest BCUT2D eigenvalue weighted by molar-refractivity contribution is -0.116. The van der Waals surface area contributed by atoms with E-state index in [0.717, 1.165) is 25.0 Å². The number of ketones is 1. The third-order valence-electron chi connectivity index (χ3n) is 4.56. The molecule has 0 amide bonds. The monoisotopic (exact) mass is 331 g/mol. The Morgan fingerprint density at radius 1 is 1.00 bits per heavy atom. The van der Waals surface area contributed by atoms with E-state index in [2.05, 4.69) is 48.4 Å². The van der Waals surface area contributed by atoms with Crippen molar-refractivity contribution in [2.75, 3.05) is 0 Å². The summed E-state index contributed by atoms with van der Waals surface area (Å²) in [5.74, 6) is 0.315. The fourth-order valence-corrected chi connectivity index (χ4v) is 3.17. The Morgan fingerprint density at radius 3 is 2.36 bits per heavy atom. The summed E-state index contributed by atoms with van der Waals surface area (Å²) in [6.07, 6.45) is 8.90. The van der Waals surface area contributed by atoms with Gasteiger partial charge >= 0.3 is 0 Å². The third-order valence-corrected chi connectivity index (χ3v) is 4.56. The van der Waals surface area contributed by atoms with Gasteiger partial charge in [0, 0.05) is 36.9 Å². The molecule has 0 aliphatic carbocycles.